The Morgan fingerprint density at radius 3 is 2.18 bits per heavy atom. The Kier molecular flexibility index (Phi) is 9.43. The third kappa shape index (κ3) is 6.37. The number of thioether (sulfide) groups is 1. The zero-order chi connectivity index (χ0) is 26.9. The van der Waals surface area contributed by atoms with Crippen molar-refractivity contribution in [2.45, 2.75) is 31.5 Å². The van der Waals surface area contributed by atoms with Crippen LogP contribution in [-0.2, 0) is 6.54 Å². The molecule has 0 saturated carbocycles. The van der Waals surface area contributed by atoms with Crippen molar-refractivity contribution in [1.82, 2.24) is 14.9 Å². The number of nitrogens with one attached hydrogen (secondary N) is 1. The molecule has 0 aliphatic rings. The van der Waals surface area contributed by atoms with E-state index in [0.29, 0.717) is 6.54 Å². The Hall–Kier alpha value is -3.78. The molecule has 0 radical (unpaired) electrons. The van der Waals surface area contributed by atoms with E-state index in [4.69, 9.17) is 14.5 Å². The van der Waals surface area contributed by atoms with Crippen molar-refractivity contribution in [3.63, 3.8) is 0 Å². The van der Waals surface area contributed by atoms with Gasteiger partial charge < -0.3 is 19.4 Å². The molecule has 0 aliphatic heterocycles. The maximum atomic E-state index is 13.9. The molecule has 4 rings (SSSR count). The van der Waals surface area contributed by atoms with Gasteiger partial charge in [0.15, 0.2) is 5.16 Å². The fourth-order valence-corrected chi connectivity index (χ4v) is 5.11. The lowest BCUT2D eigenvalue weighted by molar-refractivity contribution is 0.0950. The van der Waals surface area contributed by atoms with Crippen LogP contribution in [0.4, 0.5) is 4.39 Å². The molecule has 1 heterocycles. The first kappa shape index (κ1) is 27.3. The molecule has 1 N–H and O–H groups in total. The van der Waals surface area contributed by atoms with Crippen LogP contribution in [0.2, 0.25) is 0 Å². The highest BCUT2D eigenvalue weighted by atomic mass is 32.2. The first-order valence-corrected chi connectivity index (χ1v) is 13.6. The first-order valence-electron chi connectivity index (χ1n) is 12.6. The number of benzene rings is 3. The third-order valence-corrected chi connectivity index (χ3v) is 7.13. The fraction of sp³-hybridized carbons (Fsp3) is 0.267. The van der Waals surface area contributed by atoms with E-state index in [0.717, 1.165) is 64.3 Å². The van der Waals surface area contributed by atoms with E-state index in [1.54, 1.807) is 38.1 Å². The molecule has 0 aliphatic carbocycles. The highest BCUT2D eigenvalue weighted by Crippen LogP contribution is 2.37. The predicted octanol–water partition coefficient (Wildman–Crippen LogP) is 6.70. The molecule has 0 spiro atoms. The summed E-state index contributed by atoms with van der Waals surface area (Å²) >= 11 is 1.65. The van der Waals surface area contributed by atoms with Gasteiger partial charge in [-0.05, 0) is 73.5 Å². The summed E-state index contributed by atoms with van der Waals surface area (Å²) in [6.07, 6.45) is 1.67. The largest absolute Gasteiger partial charge is 0.497 e. The summed E-state index contributed by atoms with van der Waals surface area (Å²) in [4.78, 5) is 17.4. The summed E-state index contributed by atoms with van der Waals surface area (Å²) in [5.41, 5.74) is 4.08. The van der Waals surface area contributed by atoms with Crippen LogP contribution >= 0.6 is 11.8 Å². The van der Waals surface area contributed by atoms with E-state index in [1.165, 1.54) is 12.1 Å². The minimum absolute atomic E-state index is 0.0620. The lowest BCUT2D eigenvalue weighted by Crippen LogP contribution is -2.25. The van der Waals surface area contributed by atoms with Crippen LogP contribution < -0.4 is 14.8 Å². The van der Waals surface area contributed by atoms with E-state index in [2.05, 4.69) is 28.9 Å². The van der Waals surface area contributed by atoms with Crippen molar-refractivity contribution < 1.29 is 18.7 Å². The summed E-state index contributed by atoms with van der Waals surface area (Å²) in [5, 5.41) is 3.73. The SMILES string of the molecule is CCCn1c(SCCCNC(=O)c2ccccc2F)nc(-c2ccc(OC)cc2)c1-c1ccc(OC)cc1. The second kappa shape index (κ2) is 13.1. The summed E-state index contributed by atoms with van der Waals surface area (Å²) in [6, 6.07) is 22.0. The normalized spacial score (nSPS) is 10.8. The highest BCUT2D eigenvalue weighted by Gasteiger charge is 2.20. The number of amides is 1. The van der Waals surface area contributed by atoms with Crippen molar-refractivity contribution >= 4 is 17.7 Å². The van der Waals surface area contributed by atoms with Crippen LogP contribution in [0.15, 0.2) is 78.0 Å². The molecule has 0 fully saturated rings. The topological polar surface area (TPSA) is 65.4 Å². The Morgan fingerprint density at radius 2 is 1.58 bits per heavy atom. The second-order valence-electron chi connectivity index (χ2n) is 8.64. The van der Waals surface area contributed by atoms with Crippen LogP contribution in [0.25, 0.3) is 22.5 Å². The maximum Gasteiger partial charge on any atom is 0.254 e. The number of methoxy groups -OCH3 is 2. The summed E-state index contributed by atoms with van der Waals surface area (Å²) < 4.78 is 26.8. The summed E-state index contributed by atoms with van der Waals surface area (Å²) in [5.74, 6) is 1.43. The number of carbonyl (C=O) groups is 1. The van der Waals surface area contributed by atoms with Crippen LogP contribution in [0.3, 0.4) is 0 Å². The molecule has 0 saturated heterocycles. The minimum Gasteiger partial charge on any atom is -0.497 e. The Bertz CT molecular complexity index is 1350. The van der Waals surface area contributed by atoms with Crippen molar-refractivity contribution in [2.24, 2.45) is 0 Å². The lowest BCUT2D eigenvalue weighted by Gasteiger charge is -2.13. The number of nitrogens with zero attached hydrogens (tertiary/aromatic N) is 2. The van der Waals surface area contributed by atoms with Crippen molar-refractivity contribution in [3.8, 4) is 34.0 Å². The number of aromatic nitrogens is 2. The fourth-order valence-electron chi connectivity index (χ4n) is 4.14. The van der Waals surface area contributed by atoms with E-state index in [-0.39, 0.29) is 5.56 Å². The molecule has 198 valence electrons. The van der Waals surface area contributed by atoms with Gasteiger partial charge in [-0.1, -0.05) is 30.8 Å². The second-order valence-corrected chi connectivity index (χ2v) is 9.70. The summed E-state index contributed by atoms with van der Waals surface area (Å²) in [6.45, 7) is 3.42. The molecule has 0 atom stereocenters. The highest BCUT2D eigenvalue weighted by molar-refractivity contribution is 7.99. The summed E-state index contributed by atoms with van der Waals surface area (Å²) in [7, 11) is 3.31. The van der Waals surface area contributed by atoms with Gasteiger partial charge in [-0.15, -0.1) is 0 Å². The zero-order valence-corrected chi connectivity index (χ0v) is 22.7. The van der Waals surface area contributed by atoms with E-state index in [1.807, 2.05) is 36.4 Å². The first-order chi connectivity index (χ1) is 18.5. The number of halogens is 1. The quantitative estimate of drug-likeness (QED) is 0.162. The molecule has 1 aromatic heterocycles. The molecule has 4 aromatic rings. The van der Waals surface area contributed by atoms with E-state index in [9.17, 15) is 9.18 Å². The smallest absolute Gasteiger partial charge is 0.254 e. The van der Waals surface area contributed by atoms with Gasteiger partial charge in [0.25, 0.3) is 5.91 Å². The third-order valence-electron chi connectivity index (χ3n) is 6.06. The van der Waals surface area contributed by atoms with Gasteiger partial charge in [-0.2, -0.15) is 0 Å². The predicted molar refractivity (Wildman–Crippen MR) is 151 cm³/mol. The molecular weight excluding hydrogens is 501 g/mol. The van der Waals surface area contributed by atoms with Gasteiger partial charge in [0, 0.05) is 30.0 Å². The van der Waals surface area contributed by atoms with Gasteiger partial charge in [-0.25, -0.2) is 9.37 Å². The van der Waals surface area contributed by atoms with Crippen LogP contribution in [0.1, 0.15) is 30.1 Å². The van der Waals surface area contributed by atoms with Gasteiger partial charge in [0.1, 0.15) is 17.3 Å². The van der Waals surface area contributed by atoms with E-state index >= 15 is 0 Å². The van der Waals surface area contributed by atoms with Crippen LogP contribution in [0.5, 0.6) is 11.5 Å². The maximum absolute atomic E-state index is 13.9. The Balaban J connectivity index is 1.55. The monoisotopic (exact) mass is 533 g/mol. The number of imidazole rings is 1. The molecule has 3 aromatic carbocycles. The molecule has 0 bridgehead atoms. The number of carbonyl (C=O) groups excluding carboxylic acids is 1. The number of hydrogen-bond acceptors (Lipinski definition) is 5. The Labute approximate surface area is 227 Å². The molecular formula is C30H32FN3O3S. The zero-order valence-electron chi connectivity index (χ0n) is 21.9. The molecule has 0 unspecified atom stereocenters. The molecule has 1 amide bonds. The van der Waals surface area contributed by atoms with Crippen molar-refractivity contribution in [1.29, 1.82) is 0 Å². The standard InChI is InChI=1S/C30H32FN3O3S/c1-4-19-34-28(22-12-16-24(37-3)17-13-22)27(21-10-14-23(36-2)15-11-21)33-30(34)38-20-7-18-32-29(35)25-8-5-6-9-26(25)31/h5-6,8-17H,4,7,18-20H2,1-3H3,(H,32,35). The molecule has 38 heavy (non-hydrogen) atoms. The lowest BCUT2D eigenvalue weighted by atomic mass is 10.0. The van der Waals surface area contributed by atoms with Crippen molar-refractivity contribution in [3.05, 3.63) is 84.2 Å². The number of ether oxygens (including phenoxy) is 2. The molecule has 6 nitrogen and oxygen atoms in total. The van der Waals surface area contributed by atoms with Crippen LogP contribution in [0, 0.1) is 5.82 Å². The van der Waals surface area contributed by atoms with Crippen molar-refractivity contribution in [2.75, 3.05) is 26.5 Å². The van der Waals surface area contributed by atoms with Gasteiger partial charge in [0.2, 0.25) is 0 Å². The average Bonchev–Trinajstić information content (AvgIpc) is 3.31. The van der Waals surface area contributed by atoms with Gasteiger partial charge in [-0.3, -0.25) is 4.79 Å². The molecule has 8 heteroatoms. The van der Waals surface area contributed by atoms with Crippen LogP contribution in [-0.4, -0.2) is 42.0 Å². The number of hydrogen-bond donors (Lipinski definition) is 1. The Morgan fingerprint density at radius 1 is 0.947 bits per heavy atom. The average molecular weight is 534 g/mol. The minimum atomic E-state index is -0.516. The van der Waals surface area contributed by atoms with Gasteiger partial charge in [0.05, 0.1) is 31.2 Å². The number of rotatable bonds is 12. The van der Waals surface area contributed by atoms with E-state index < -0.39 is 11.7 Å². The van der Waals surface area contributed by atoms with Gasteiger partial charge >= 0.3 is 0 Å².